The molecular weight excluding hydrogens is 268 g/mol. The van der Waals surface area contributed by atoms with Gasteiger partial charge in [0, 0.05) is 25.4 Å². The third-order valence-corrected chi connectivity index (χ3v) is 3.39. The van der Waals surface area contributed by atoms with Crippen LogP contribution in [0.5, 0.6) is 0 Å². The number of carbonyl (C=O) groups is 1. The van der Waals surface area contributed by atoms with Crippen LogP contribution < -0.4 is 5.32 Å². The van der Waals surface area contributed by atoms with Crippen molar-refractivity contribution in [2.24, 2.45) is 7.05 Å². The zero-order valence-corrected chi connectivity index (χ0v) is 13.0. The molecule has 0 fully saturated rings. The number of amides is 1. The van der Waals surface area contributed by atoms with Crippen molar-refractivity contribution in [3.05, 3.63) is 36.1 Å². The van der Waals surface area contributed by atoms with Crippen molar-refractivity contribution in [3.8, 4) is 0 Å². The lowest BCUT2D eigenvalue weighted by molar-refractivity contribution is 0.0925. The molecule has 2 rings (SSSR count). The normalized spacial score (nSPS) is 12.6. The standard InChI is InChI=1S/C15H22N4O2/c1-5-6-11(14-16-7-8-19(14)4)18-15(20)12-13(10(2)3)21-9-17-12/h7-11H,5-6H2,1-4H3,(H,18,20)/t11-/m1/s1. The van der Waals surface area contributed by atoms with Gasteiger partial charge in [0.15, 0.2) is 12.1 Å². The predicted molar refractivity (Wildman–Crippen MR) is 78.9 cm³/mol. The Balaban J connectivity index is 2.19. The molecule has 6 nitrogen and oxygen atoms in total. The molecule has 0 saturated carbocycles. The number of oxazole rings is 1. The smallest absolute Gasteiger partial charge is 0.274 e. The maximum absolute atomic E-state index is 12.5. The van der Waals surface area contributed by atoms with E-state index < -0.39 is 0 Å². The Labute approximate surface area is 124 Å². The minimum atomic E-state index is -0.214. The molecule has 0 aromatic carbocycles. The number of aromatic nitrogens is 3. The van der Waals surface area contributed by atoms with Gasteiger partial charge in [0.25, 0.3) is 5.91 Å². The van der Waals surface area contributed by atoms with E-state index in [9.17, 15) is 4.79 Å². The van der Waals surface area contributed by atoms with E-state index in [1.54, 1.807) is 6.20 Å². The van der Waals surface area contributed by atoms with Gasteiger partial charge in [-0.25, -0.2) is 9.97 Å². The monoisotopic (exact) mass is 290 g/mol. The Bertz CT molecular complexity index is 600. The number of rotatable bonds is 6. The second-order valence-corrected chi connectivity index (χ2v) is 5.43. The lowest BCUT2D eigenvalue weighted by Crippen LogP contribution is -2.31. The van der Waals surface area contributed by atoms with E-state index in [1.807, 2.05) is 31.7 Å². The Morgan fingerprint density at radius 3 is 2.76 bits per heavy atom. The zero-order chi connectivity index (χ0) is 15.4. The molecular formula is C15H22N4O2. The first-order chi connectivity index (χ1) is 10.0. The van der Waals surface area contributed by atoms with E-state index in [1.165, 1.54) is 6.39 Å². The van der Waals surface area contributed by atoms with Gasteiger partial charge in [0.05, 0.1) is 6.04 Å². The van der Waals surface area contributed by atoms with E-state index in [-0.39, 0.29) is 17.9 Å². The molecule has 21 heavy (non-hydrogen) atoms. The first-order valence-electron chi connectivity index (χ1n) is 7.26. The molecule has 0 unspecified atom stereocenters. The average molecular weight is 290 g/mol. The molecule has 0 saturated heterocycles. The van der Waals surface area contributed by atoms with Crippen LogP contribution in [0.25, 0.3) is 0 Å². The molecule has 2 aromatic heterocycles. The van der Waals surface area contributed by atoms with E-state index in [4.69, 9.17) is 4.42 Å². The summed E-state index contributed by atoms with van der Waals surface area (Å²) in [7, 11) is 1.92. The highest BCUT2D eigenvalue weighted by molar-refractivity contribution is 5.93. The van der Waals surface area contributed by atoms with Gasteiger partial charge in [-0.3, -0.25) is 4.79 Å². The fourth-order valence-electron chi connectivity index (χ4n) is 2.33. The van der Waals surface area contributed by atoms with Gasteiger partial charge in [-0.15, -0.1) is 0 Å². The van der Waals surface area contributed by atoms with Gasteiger partial charge in [-0.1, -0.05) is 27.2 Å². The van der Waals surface area contributed by atoms with Gasteiger partial charge < -0.3 is 14.3 Å². The molecule has 0 radical (unpaired) electrons. The Morgan fingerprint density at radius 1 is 1.43 bits per heavy atom. The third kappa shape index (κ3) is 3.32. The van der Waals surface area contributed by atoms with E-state index in [0.717, 1.165) is 18.7 Å². The number of carbonyl (C=O) groups excluding carboxylic acids is 1. The van der Waals surface area contributed by atoms with Crippen molar-refractivity contribution in [2.45, 2.75) is 45.6 Å². The first kappa shape index (κ1) is 15.3. The van der Waals surface area contributed by atoms with E-state index in [0.29, 0.717) is 11.5 Å². The summed E-state index contributed by atoms with van der Waals surface area (Å²) in [5.41, 5.74) is 0.361. The van der Waals surface area contributed by atoms with Gasteiger partial charge in [0.2, 0.25) is 0 Å². The highest BCUT2D eigenvalue weighted by Gasteiger charge is 2.23. The summed E-state index contributed by atoms with van der Waals surface area (Å²) in [6.45, 7) is 6.02. The molecule has 6 heteroatoms. The van der Waals surface area contributed by atoms with E-state index >= 15 is 0 Å². The van der Waals surface area contributed by atoms with Crippen LogP contribution in [0.3, 0.4) is 0 Å². The molecule has 0 aliphatic carbocycles. The van der Waals surface area contributed by atoms with Gasteiger partial charge in [-0.2, -0.15) is 0 Å². The summed E-state index contributed by atoms with van der Waals surface area (Å²) in [6, 6.07) is -0.126. The highest BCUT2D eigenvalue weighted by Crippen LogP contribution is 2.21. The van der Waals surface area contributed by atoms with Crippen LogP contribution in [0.15, 0.2) is 23.2 Å². The molecule has 1 amide bonds. The van der Waals surface area contributed by atoms with Crippen LogP contribution >= 0.6 is 0 Å². The summed E-state index contributed by atoms with van der Waals surface area (Å²) < 4.78 is 7.23. The highest BCUT2D eigenvalue weighted by atomic mass is 16.3. The molecule has 0 aliphatic rings. The number of nitrogens with one attached hydrogen (secondary N) is 1. The second-order valence-electron chi connectivity index (χ2n) is 5.43. The van der Waals surface area contributed by atoms with Crippen molar-refractivity contribution < 1.29 is 9.21 Å². The largest absolute Gasteiger partial charge is 0.447 e. The van der Waals surface area contributed by atoms with Gasteiger partial charge in [-0.05, 0) is 6.42 Å². The summed E-state index contributed by atoms with van der Waals surface area (Å²) in [5.74, 6) is 1.36. The molecule has 2 heterocycles. The Hall–Kier alpha value is -2.11. The minimum Gasteiger partial charge on any atom is -0.447 e. The maximum atomic E-state index is 12.5. The topological polar surface area (TPSA) is 73.0 Å². The van der Waals surface area contributed by atoms with Crippen LogP contribution in [0.1, 0.15) is 67.6 Å². The zero-order valence-electron chi connectivity index (χ0n) is 13.0. The van der Waals surface area contributed by atoms with Crippen molar-refractivity contribution >= 4 is 5.91 Å². The summed E-state index contributed by atoms with van der Waals surface area (Å²) in [6.07, 6.45) is 6.71. The van der Waals surface area contributed by atoms with Crippen LogP contribution in [0.4, 0.5) is 0 Å². The van der Waals surface area contributed by atoms with Crippen molar-refractivity contribution in [1.82, 2.24) is 19.9 Å². The van der Waals surface area contributed by atoms with Crippen molar-refractivity contribution in [2.75, 3.05) is 0 Å². The van der Waals surface area contributed by atoms with Crippen molar-refractivity contribution in [1.29, 1.82) is 0 Å². The minimum absolute atomic E-state index is 0.117. The molecule has 1 N–H and O–H groups in total. The fourth-order valence-corrected chi connectivity index (χ4v) is 2.33. The number of aryl methyl sites for hydroxylation is 1. The SMILES string of the molecule is CCC[C@@H](NC(=O)c1ncoc1C(C)C)c1nccn1C. The summed E-state index contributed by atoms with van der Waals surface area (Å²) in [5, 5.41) is 3.01. The predicted octanol–water partition coefficient (Wildman–Crippen LogP) is 2.80. The average Bonchev–Trinajstić information content (AvgIpc) is 3.06. The molecule has 0 aliphatic heterocycles. The number of imidazole rings is 1. The van der Waals surface area contributed by atoms with Crippen LogP contribution in [0.2, 0.25) is 0 Å². The first-order valence-corrected chi connectivity index (χ1v) is 7.26. The Kier molecular flexibility index (Phi) is 4.77. The van der Waals surface area contributed by atoms with Crippen LogP contribution in [-0.4, -0.2) is 20.4 Å². The maximum Gasteiger partial charge on any atom is 0.274 e. The lowest BCUT2D eigenvalue weighted by atomic mass is 10.1. The number of hydrogen-bond acceptors (Lipinski definition) is 4. The lowest BCUT2D eigenvalue weighted by Gasteiger charge is -2.17. The Morgan fingerprint density at radius 2 is 2.19 bits per heavy atom. The molecule has 1 atom stereocenters. The second kappa shape index (κ2) is 6.56. The molecule has 114 valence electrons. The molecule has 2 aromatic rings. The number of hydrogen-bond donors (Lipinski definition) is 1. The fraction of sp³-hybridized carbons (Fsp3) is 0.533. The van der Waals surface area contributed by atoms with Gasteiger partial charge in [0.1, 0.15) is 11.6 Å². The quantitative estimate of drug-likeness (QED) is 0.887. The summed E-state index contributed by atoms with van der Waals surface area (Å²) in [4.78, 5) is 20.8. The van der Waals surface area contributed by atoms with Crippen LogP contribution in [-0.2, 0) is 7.05 Å². The third-order valence-electron chi connectivity index (χ3n) is 3.39. The van der Waals surface area contributed by atoms with Crippen molar-refractivity contribution in [3.63, 3.8) is 0 Å². The number of nitrogens with zero attached hydrogens (tertiary/aromatic N) is 3. The molecule has 0 spiro atoms. The molecule has 0 bridgehead atoms. The van der Waals surface area contributed by atoms with E-state index in [2.05, 4.69) is 22.2 Å². The summed E-state index contributed by atoms with van der Waals surface area (Å²) >= 11 is 0. The van der Waals surface area contributed by atoms with Crippen LogP contribution in [0, 0.1) is 0 Å². The van der Waals surface area contributed by atoms with Gasteiger partial charge >= 0.3 is 0 Å².